The third kappa shape index (κ3) is 4.11. The molecular formula is C14H15FN2O2S. The Kier molecular flexibility index (Phi) is 4.46. The first-order valence-electron chi connectivity index (χ1n) is 6.11. The van der Waals surface area contributed by atoms with E-state index in [0.717, 1.165) is 5.56 Å². The summed E-state index contributed by atoms with van der Waals surface area (Å²) in [6.07, 6.45) is 3.22. The molecule has 20 heavy (non-hydrogen) atoms. The molecule has 0 radical (unpaired) electrons. The quantitative estimate of drug-likeness (QED) is 0.921. The number of pyridine rings is 1. The molecule has 1 N–H and O–H groups in total. The number of hydrogen-bond donors (Lipinski definition) is 1. The van der Waals surface area contributed by atoms with E-state index in [1.807, 2.05) is 0 Å². The smallest absolute Gasteiger partial charge is 0.216 e. The fourth-order valence-electron chi connectivity index (χ4n) is 1.83. The number of nitrogens with zero attached hydrogens (tertiary/aromatic N) is 1. The summed E-state index contributed by atoms with van der Waals surface area (Å²) in [5.74, 6) is -0.563. The van der Waals surface area contributed by atoms with Gasteiger partial charge in [0.25, 0.3) is 0 Å². The molecule has 106 valence electrons. The van der Waals surface area contributed by atoms with Crippen LogP contribution in [0.2, 0.25) is 0 Å². The van der Waals surface area contributed by atoms with Gasteiger partial charge in [-0.1, -0.05) is 12.1 Å². The van der Waals surface area contributed by atoms with E-state index >= 15 is 0 Å². The van der Waals surface area contributed by atoms with Crippen LogP contribution in [0, 0.1) is 5.82 Å². The third-order valence-electron chi connectivity index (χ3n) is 2.83. The lowest BCUT2D eigenvalue weighted by Gasteiger charge is -2.14. The van der Waals surface area contributed by atoms with Crippen molar-refractivity contribution in [3.05, 3.63) is 65.7 Å². The van der Waals surface area contributed by atoms with Gasteiger partial charge in [0.05, 0.1) is 5.75 Å². The van der Waals surface area contributed by atoms with Gasteiger partial charge in [-0.2, -0.15) is 0 Å². The van der Waals surface area contributed by atoms with E-state index in [0.29, 0.717) is 5.56 Å². The second-order valence-corrected chi connectivity index (χ2v) is 6.26. The molecular weight excluding hydrogens is 279 g/mol. The lowest BCUT2D eigenvalue weighted by Crippen LogP contribution is -2.28. The summed E-state index contributed by atoms with van der Waals surface area (Å²) in [4.78, 5) is 3.89. The van der Waals surface area contributed by atoms with Crippen molar-refractivity contribution in [3.63, 3.8) is 0 Å². The summed E-state index contributed by atoms with van der Waals surface area (Å²) < 4.78 is 39.5. The monoisotopic (exact) mass is 294 g/mol. The van der Waals surface area contributed by atoms with Crippen LogP contribution in [0.3, 0.4) is 0 Å². The number of benzene rings is 1. The van der Waals surface area contributed by atoms with E-state index in [1.165, 1.54) is 24.3 Å². The summed E-state index contributed by atoms with van der Waals surface area (Å²) in [7, 11) is -3.49. The lowest BCUT2D eigenvalue weighted by molar-refractivity contribution is 0.565. The van der Waals surface area contributed by atoms with Crippen molar-refractivity contribution in [2.24, 2.45) is 0 Å². The number of halogens is 1. The first-order valence-corrected chi connectivity index (χ1v) is 7.76. The zero-order chi connectivity index (χ0) is 14.6. The van der Waals surface area contributed by atoms with Crippen LogP contribution in [-0.4, -0.2) is 13.4 Å². The highest BCUT2D eigenvalue weighted by atomic mass is 32.2. The Bertz CT molecular complexity index is 657. The number of hydrogen-bond acceptors (Lipinski definition) is 3. The van der Waals surface area contributed by atoms with Crippen LogP contribution in [0.15, 0.2) is 48.8 Å². The minimum atomic E-state index is -3.49. The summed E-state index contributed by atoms with van der Waals surface area (Å²) in [5.41, 5.74) is 1.38. The average molecular weight is 294 g/mol. The van der Waals surface area contributed by atoms with Crippen LogP contribution in [0.1, 0.15) is 24.1 Å². The third-order valence-corrected chi connectivity index (χ3v) is 4.26. The number of rotatable bonds is 5. The van der Waals surface area contributed by atoms with Crippen molar-refractivity contribution in [3.8, 4) is 0 Å². The summed E-state index contributed by atoms with van der Waals surface area (Å²) in [6, 6.07) is 8.59. The molecule has 0 amide bonds. The van der Waals surface area contributed by atoms with Gasteiger partial charge < -0.3 is 0 Å². The second-order valence-electron chi connectivity index (χ2n) is 4.51. The summed E-state index contributed by atoms with van der Waals surface area (Å²) in [5, 5.41) is 0. The number of sulfonamides is 1. The molecule has 1 aromatic carbocycles. The van der Waals surface area contributed by atoms with Gasteiger partial charge in [-0.15, -0.1) is 0 Å². The molecule has 0 aliphatic rings. The van der Waals surface area contributed by atoms with E-state index in [2.05, 4.69) is 9.71 Å². The Morgan fingerprint density at radius 1 is 1.15 bits per heavy atom. The molecule has 0 saturated heterocycles. The minimum Gasteiger partial charge on any atom is -0.265 e. The van der Waals surface area contributed by atoms with Crippen LogP contribution < -0.4 is 4.72 Å². The Labute approximate surface area is 117 Å². The van der Waals surface area contributed by atoms with E-state index in [1.54, 1.807) is 31.5 Å². The van der Waals surface area contributed by atoms with Gasteiger partial charge in [-0.25, -0.2) is 17.5 Å². The van der Waals surface area contributed by atoms with Crippen molar-refractivity contribution in [1.29, 1.82) is 0 Å². The Balaban J connectivity index is 2.06. The van der Waals surface area contributed by atoms with Crippen molar-refractivity contribution < 1.29 is 12.8 Å². The molecule has 0 fully saturated rings. The Morgan fingerprint density at radius 3 is 2.35 bits per heavy atom. The maximum Gasteiger partial charge on any atom is 0.216 e. The SMILES string of the molecule is CC(NS(=O)(=O)Cc1ccc(F)cc1)c1ccncc1. The lowest BCUT2D eigenvalue weighted by atomic mass is 10.1. The van der Waals surface area contributed by atoms with E-state index in [9.17, 15) is 12.8 Å². The minimum absolute atomic E-state index is 0.178. The zero-order valence-electron chi connectivity index (χ0n) is 11.0. The topological polar surface area (TPSA) is 59.1 Å². The average Bonchev–Trinajstić information content (AvgIpc) is 2.41. The maximum atomic E-state index is 12.8. The predicted octanol–water partition coefficient (Wildman–Crippen LogP) is 2.40. The first-order chi connectivity index (χ1) is 9.46. The van der Waals surface area contributed by atoms with E-state index in [-0.39, 0.29) is 17.6 Å². The highest BCUT2D eigenvalue weighted by Gasteiger charge is 2.16. The number of aromatic nitrogens is 1. The molecule has 4 nitrogen and oxygen atoms in total. The van der Waals surface area contributed by atoms with Crippen molar-refractivity contribution >= 4 is 10.0 Å². The summed E-state index contributed by atoms with van der Waals surface area (Å²) in [6.45, 7) is 1.76. The van der Waals surface area contributed by atoms with Crippen molar-refractivity contribution in [2.45, 2.75) is 18.7 Å². The van der Waals surface area contributed by atoms with Crippen LogP contribution in [0.4, 0.5) is 4.39 Å². The first kappa shape index (κ1) is 14.6. The predicted molar refractivity (Wildman–Crippen MR) is 74.8 cm³/mol. The molecule has 1 atom stereocenters. The highest BCUT2D eigenvalue weighted by Crippen LogP contribution is 2.14. The molecule has 1 aromatic heterocycles. The van der Waals surface area contributed by atoms with Crippen LogP contribution in [-0.2, 0) is 15.8 Å². The Morgan fingerprint density at radius 2 is 1.75 bits per heavy atom. The fourth-order valence-corrected chi connectivity index (χ4v) is 3.22. The van der Waals surface area contributed by atoms with Gasteiger partial charge in [0.2, 0.25) is 10.0 Å². The molecule has 0 aliphatic heterocycles. The molecule has 6 heteroatoms. The van der Waals surface area contributed by atoms with Gasteiger partial charge in [-0.3, -0.25) is 4.98 Å². The molecule has 0 spiro atoms. The molecule has 1 heterocycles. The standard InChI is InChI=1S/C14H15FN2O2S/c1-11(13-6-8-16-9-7-13)17-20(18,19)10-12-2-4-14(15)5-3-12/h2-9,11,17H,10H2,1H3. The van der Waals surface area contributed by atoms with Crippen LogP contribution in [0.5, 0.6) is 0 Å². The largest absolute Gasteiger partial charge is 0.265 e. The highest BCUT2D eigenvalue weighted by molar-refractivity contribution is 7.88. The summed E-state index contributed by atoms with van der Waals surface area (Å²) >= 11 is 0. The molecule has 0 saturated carbocycles. The molecule has 2 aromatic rings. The zero-order valence-corrected chi connectivity index (χ0v) is 11.8. The van der Waals surface area contributed by atoms with Gasteiger partial charge >= 0.3 is 0 Å². The van der Waals surface area contributed by atoms with Gasteiger partial charge in [-0.05, 0) is 42.3 Å². The number of nitrogens with one attached hydrogen (secondary N) is 1. The van der Waals surface area contributed by atoms with Gasteiger partial charge in [0, 0.05) is 18.4 Å². The molecule has 0 aliphatic carbocycles. The van der Waals surface area contributed by atoms with Crippen molar-refractivity contribution in [2.75, 3.05) is 0 Å². The van der Waals surface area contributed by atoms with Crippen LogP contribution >= 0.6 is 0 Å². The normalized spacial score (nSPS) is 13.1. The molecule has 0 bridgehead atoms. The van der Waals surface area contributed by atoms with Gasteiger partial charge in [0.1, 0.15) is 5.82 Å². The van der Waals surface area contributed by atoms with E-state index < -0.39 is 10.0 Å². The van der Waals surface area contributed by atoms with E-state index in [4.69, 9.17) is 0 Å². The van der Waals surface area contributed by atoms with Gasteiger partial charge in [0.15, 0.2) is 0 Å². The Hall–Kier alpha value is -1.79. The fraction of sp³-hybridized carbons (Fsp3) is 0.214. The molecule has 1 unspecified atom stereocenters. The maximum absolute atomic E-state index is 12.8. The van der Waals surface area contributed by atoms with Crippen molar-refractivity contribution in [1.82, 2.24) is 9.71 Å². The van der Waals surface area contributed by atoms with Crippen LogP contribution in [0.25, 0.3) is 0 Å². The molecule has 2 rings (SSSR count). The second kappa shape index (κ2) is 6.11.